The van der Waals surface area contributed by atoms with Gasteiger partial charge in [0, 0.05) is 6.54 Å². The molecule has 0 aromatic carbocycles. The summed E-state index contributed by atoms with van der Waals surface area (Å²) in [7, 11) is 0. The molecule has 5 nitrogen and oxygen atoms in total. The van der Waals surface area contributed by atoms with E-state index in [0.717, 1.165) is 10.9 Å². The zero-order chi connectivity index (χ0) is 13.8. The van der Waals surface area contributed by atoms with E-state index >= 15 is 0 Å². The summed E-state index contributed by atoms with van der Waals surface area (Å²) in [5.41, 5.74) is -0.622. The number of aliphatic hydroxyl groups is 1. The Labute approximate surface area is 105 Å². The molecule has 0 bridgehead atoms. The molecule has 1 heterocycles. The number of aromatic nitrogens is 2. The lowest BCUT2D eigenvalue weighted by molar-refractivity contribution is -0.131. The molecule has 102 valence electrons. The van der Waals surface area contributed by atoms with Gasteiger partial charge in [0.05, 0.1) is 31.5 Å². The van der Waals surface area contributed by atoms with E-state index < -0.39 is 24.7 Å². The summed E-state index contributed by atoms with van der Waals surface area (Å²) >= 11 is 5.69. The second-order valence-corrected chi connectivity index (χ2v) is 3.79. The minimum Gasteiger partial charge on any atom is -0.394 e. The molecular weight excluding hydrogens is 275 g/mol. The molecule has 1 aromatic rings. The first-order valence-electron chi connectivity index (χ1n) is 5.02. The molecule has 18 heavy (non-hydrogen) atoms. The molecule has 0 radical (unpaired) electrons. The van der Waals surface area contributed by atoms with E-state index in [-0.39, 0.29) is 23.9 Å². The molecule has 0 saturated carbocycles. The van der Waals surface area contributed by atoms with Crippen LogP contribution in [0.15, 0.2) is 11.0 Å². The Hall–Kier alpha value is -1.28. The van der Waals surface area contributed by atoms with E-state index in [4.69, 9.17) is 16.7 Å². The fourth-order valence-electron chi connectivity index (χ4n) is 1.18. The quantitative estimate of drug-likeness (QED) is 0.854. The smallest absolute Gasteiger partial charge is 0.390 e. The van der Waals surface area contributed by atoms with Gasteiger partial charge < -0.3 is 10.4 Å². The van der Waals surface area contributed by atoms with Crippen molar-refractivity contribution in [3.8, 4) is 0 Å². The van der Waals surface area contributed by atoms with Crippen LogP contribution < -0.4 is 10.9 Å². The van der Waals surface area contributed by atoms with E-state index in [1.807, 2.05) is 0 Å². The average molecular weight is 286 g/mol. The van der Waals surface area contributed by atoms with E-state index in [2.05, 4.69) is 10.4 Å². The predicted molar refractivity (Wildman–Crippen MR) is 59.8 cm³/mol. The highest BCUT2D eigenvalue weighted by molar-refractivity contribution is 6.32. The molecule has 0 spiro atoms. The highest BCUT2D eigenvalue weighted by Crippen LogP contribution is 2.20. The molecule has 2 N–H and O–H groups in total. The summed E-state index contributed by atoms with van der Waals surface area (Å²) in [6.45, 7) is -0.709. The highest BCUT2D eigenvalue weighted by Gasteiger charge is 2.26. The third-order valence-electron chi connectivity index (χ3n) is 2.02. The van der Waals surface area contributed by atoms with Crippen molar-refractivity contribution in [2.24, 2.45) is 0 Å². The van der Waals surface area contributed by atoms with Crippen LogP contribution in [0.3, 0.4) is 0 Å². The molecule has 9 heteroatoms. The van der Waals surface area contributed by atoms with Gasteiger partial charge in [0.1, 0.15) is 5.02 Å². The summed E-state index contributed by atoms with van der Waals surface area (Å²) in [6.07, 6.45) is -4.17. The fourth-order valence-corrected chi connectivity index (χ4v) is 1.39. The number of nitrogens with one attached hydrogen (secondary N) is 1. The van der Waals surface area contributed by atoms with Crippen LogP contribution in [0.25, 0.3) is 0 Å². The normalized spacial score (nSPS) is 11.6. The van der Waals surface area contributed by atoms with Gasteiger partial charge in [0.25, 0.3) is 5.56 Å². The van der Waals surface area contributed by atoms with Crippen LogP contribution in [0.2, 0.25) is 5.02 Å². The summed E-state index contributed by atoms with van der Waals surface area (Å²) < 4.78 is 36.7. The largest absolute Gasteiger partial charge is 0.394 e. The Morgan fingerprint density at radius 2 is 2.17 bits per heavy atom. The zero-order valence-electron chi connectivity index (χ0n) is 9.17. The second-order valence-electron chi connectivity index (χ2n) is 3.42. The zero-order valence-corrected chi connectivity index (χ0v) is 9.92. The number of nitrogens with zero attached hydrogens (tertiary/aromatic N) is 2. The van der Waals surface area contributed by atoms with Gasteiger partial charge in [-0.1, -0.05) is 11.6 Å². The SMILES string of the molecule is O=c1c(Cl)c(NCCC(F)(F)F)cnn1CCO. The molecule has 0 aliphatic heterocycles. The summed E-state index contributed by atoms with van der Waals surface area (Å²) in [4.78, 5) is 11.5. The third-order valence-corrected chi connectivity index (χ3v) is 2.39. The van der Waals surface area contributed by atoms with E-state index in [0.29, 0.717) is 0 Å². The van der Waals surface area contributed by atoms with Gasteiger partial charge in [0.15, 0.2) is 0 Å². The maximum Gasteiger partial charge on any atom is 0.390 e. The number of alkyl halides is 3. The van der Waals surface area contributed by atoms with Crippen molar-refractivity contribution in [2.45, 2.75) is 19.1 Å². The van der Waals surface area contributed by atoms with Crippen molar-refractivity contribution in [3.05, 3.63) is 21.6 Å². The number of anilines is 1. The lowest BCUT2D eigenvalue weighted by atomic mass is 10.4. The van der Waals surface area contributed by atoms with Crippen molar-refractivity contribution < 1.29 is 18.3 Å². The van der Waals surface area contributed by atoms with Gasteiger partial charge in [-0.25, -0.2) is 4.68 Å². The highest BCUT2D eigenvalue weighted by atomic mass is 35.5. The molecule has 0 aliphatic rings. The number of halogens is 4. The summed E-state index contributed by atoms with van der Waals surface area (Å²) in [5.74, 6) is 0. The van der Waals surface area contributed by atoms with Crippen LogP contribution in [0, 0.1) is 0 Å². The van der Waals surface area contributed by atoms with Gasteiger partial charge >= 0.3 is 6.18 Å². The van der Waals surface area contributed by atoms with Crippen LogP contribution >= 0.6 is 11.6 Å². The van der Waals surface area contributed by atoms with Crippen LogP contribution in [0.4, 0.5) is 18.9 Å². The Morgan fingerprint density at radius 3 is 2.72 bits per heavy atom. The predicted octanol–water partition coefficient (Wildman–Crippen LogP) is 1.25. The van der Waals surface area contributed by atoms with Crippen molar-refractivity contribution in [3.63, 3.8) is 0 Å². The molecule has 0 amide bonds. The first-order chi connectivity index (χ1) is 8.35. The van der Waals surface area contributed by atoms with Gasteiger partial charge in [0.2, 0.25) is 0 Å². The molecule has 0 atom stereocenters. The Bertz CT molecular complexity index is 461. The molecule has 0 aliphatic carbocycles. The maximum absolute atomic E-state index is 11.9. The standard InChI is InChI=1S/C9H11ClF3N3O2/c10-7-6(14-2-1-9(11,12)13)5-15-16(3-4-17)8(7)18/h5,14,17H,1-4H2. The molecule has 1 aromatic heterocycles. The van der Waals surface area contributed by atoms with Crippen LogP contribution in [0.1, 0.15) is 6.42 Å². The Morgan fingerprint density at radius 1 is 1.50 bits per heavy atom. The molecule has 1 rings (SSSR count). The topological polar surface area (TPSA) is 67.2 Å². The van der Waals surface area contributed by atoms with Gasteiger partial charge in [-0.15, -0.1) is 0 Å². The van der Waals surface area contributed by atoms with Gasteiger partial charge in [-0.3, -0.25) is 4.79 Å². The fraction of sp³-hybridized carbons (Fsp3) is 0.556. The summed E-state index contributed by atoms with van der Waals surface area (Å²) in [6, 6.07) is 0. The monoisotopic (exact) mass is 285 g/mol. The Kier molecular flexibility index (Phi) is 4.97. The van der Waals surface area contributed by atoms with E-state index in [9.17, 15) is 18.0 Å². The van der Waals surface area contributed by atoms with Crippen LogP contribution in [-0.4, -0.2) is 34.2 Å². The summed E-state index contributed by atoms with van der Waals surface area (Å²) in [5, 5.41) is 14.5. The minimum atomic E-state index is -4.28. The van der Waals surface area contributed by atoms with Crippen LogP contribution in [0.5, 0.6) is 0 Å². The minimum absolute atomic E-state index is 0.0264. The van der Waals surface area contributed by atoms with E-state index in [1.165, 1.54) is 0 Å². The van der Waals surface area contributed by atoms with Gasteiger partial charge in [-0.2, -0.15) is 18.3 Å². The molecular formula is C9H11ClF3N3O2. The third kappa shape index (κ3) is 4.19. The lowest BCUT2D eigenvalue weighted by Crippen LogP contribution is -2.26. The second kappa shape index (κ2) is 6.05. The first kappa shape index (κ1) is 14.8. The van der Waals surface area contributed by atoms with Gasteiger partial charge in [-0.05, 0) is 0 Å². The van der Waals surface area contributed by atoms with Crippen LogP contribution in [-0.2, 0) is 6.54 Å². The van der Waals surface area contributed by atoms with Crippen molar-refractivity contribution in [1.29, 1.82) is 0 Å². The first-order valence-corrected chi connectivity index (χ1v) is 5.40. The maximum atomic E-state index is 11.9. The number of rotatable bonds is 5. The molecule has 0 saturated heterocycles. The number of aliphatic hydroxyl groups excluding tert-OH is 1. The molecule has 0 unspecified atom stereocenters. The molecule has 0 fully saturated rings. The number of hydrogen-bond donors (Lipinski definition) is 2. The van der Waals surface area contributed by atoms with Crippen molar-refractivity contribution in [1.82, 2.24) is 9.78 Å². The lowest BCUT2D eigenvalue weighted by Gasteiger charge is -2.10. The average Bonchev–Trinajstić information content (AvgIpc) is 2.27. The van der Waals surface area contributed by atoms with E-state index in [1.54, 1.807) is 0 Å². The van der Waals surface area contributed by atoms with Crippen molar-refractivity contribution in [2.75, 3.05) is 18.5 Å². The number of hydrogen-bond acceptors (Lipinski definition) is 4. The van der Waals surface area contributed by atoms with Crippen molar-refractivity contribution >= 4 is 17.3 Å². The Balaban J connectivity index is 2.74.